The van der Waals surface area contributed by atoms with E-state index in [1.54, 1.807) is 0 Å². The van der Waals surface area contributed by atoms with Gasteiger partial charge in [-0.05, 0) is 18.3 Å². The fourth-order valence-electron chi connectivity index (χ4n) is 1.60. The first kappa shape index (κ1) is 11.1. The largest absolute Gasteiger partial charge is 0.248 e. The highest BCUT2D eigenvalue weighted by Gasteiger charge is 2.26. The Balaban J connectivity index is 2.28. The quantitative estimate of drug-likeness (QED) is 0.351. The lowest BCUT2D eigenvalue weighted by atomic mass is 9.84. The van der Waals surface area contributed by atoms with Crippen LogP contribution in [0.1, 0.15) is 33.1 Å². The van der Waals surface area contributed by atoms with E-state index in [2.05, 4.69) is 30.8 Å². The number of hydrogen-bond acceptors (Lipinski definition) is 2. The summed E-state index contributed by atoms with van der Waals surface area (Å²) in [6.07, 6.45) is 5.82. The van der Waals surface area contributed by atoms with Gasteiger partial charge in [-0.15, -0.1) is 6.58 Å². The van der Waals surface area contributed by atoms with Crippen LogP contribution in [0, 0.1) is 5.41 Å². The second kappa shape index (κ2) is 5.06. The predicted molar refractivity (Wildman–Crippen MR) is 61.9 cm³/mol. The summed E-state index contributed by atoms with van der Waals surface area (Å²) < 4.78 is 2.43. The second-order valence-electron chi connectivity index (χ2n) is 4.26. The van der Waals surface area contributed by atoms with Gasteiger partial charge in [-0.1, -0.05) is 38.3 Å². The molecule has 0 aromatic rings. The monoisotopic (exact) mass is 199 g/mol. The van der Waals surface area contributed by atoms with E-state index < -0.39 is 0 Å². The Morgan fingerprint density at radius 2 is 2.23 bits per heavy atom. The van der Waals surface area contributed by atoms with Crippen LogP contribution in [-0.4, -0.2) is 23.1 Å². The van der Waals surface area contributed by atoms with Gasteiger partial charge < -0.3 is 0 Å². The number of allylic oxidation sites excluding steroid dienone is 1. The van der Waals surface area contributed by atoms with Crippen molar-refractivity contribution < 1.29 is 0 Å². The van der Waals surface area contributed by atoms with Crippen LogP contribution < -0.4 is 0 Å². The third-order valence-corrected chi connectivity index (χ3v) is 4.05. The zero-order valence-corrected chi connectivity index (χ0v) is 9.70. The molecule has 1 nitrogen and oxygen atoms in total. The number of rotatable bonds is 7. The third-order valence-electron chi connectivity index (χ3n) is 2.49. The summed E-state index contributed by atoms with van der Waals surface area (Å²) in [6, 6.07) is 0. The van der Waals surface area contributed by atoms with Crippen LogP contribution in [-0.2, 0) is 0 Å². The SMILES string of the molecule is C=CCC(C)(CCC)CSN1CC1. The Labute approximate surface area is 86.7 Å². The van der Waals surface area contributed by atoms with Crippen molar-refractivity contribution in [1.82, 2.24) is 4.31 Å². The molecule has 1 rings (SSSR count). The Morgan fingerprint density at radius 3 is 2.69 bits per heavy atom. The molecular weight excluding hydrogens is 178 g/mol. The van der Waals surface area contributed by atoms with Crippen molar-refractivity contribution in [1.29, 1.82) is 0 Å². The predicted octanol–water partition coefficient (Wildman–Crippen LogP) is 3.33. The number of nitrogens with zero attached hydrogens (tertiary/aromatic N) is 1. The van der Waals surface area contributed by atoms with Crippen molar-refractivity contribution in [2.24, 2.45) is 5.41 Å². The molecule has 1 fully saturated rings. The van der Waals surface area contributed by atoms with Crippen LogP contribution in [0.2, 0.25) is 0 Å². The summed E-state index contributed by atoms with van der Waals surface area (Å²) >= 11 is 2.01. The van der Waals surface area contributed by atoms with Gasteiger partial charge in [0.15, 0.2) is 0 Å². The maximum Gasteiger partial charge on any atom is 0.0227 e. The molecule has 0 N–H and O–H groups in total. The van der Waals surface area contributed by atoms with Gasteiger partial charge in [0.05, 0.1) is 0 Å². The van der Waals surface area contributed by atoms with Gasteiger partial charge in [-0.3, -0.25) is 0 Å². The smallest absolute Gasteiger partial charge is 0.0227 e. The molecule has 2 heteroatoms. The molecule has 0 spiro atoms. The third kappa shape index (κ3) is 4.19. The molecule has 1 unspecified atom stereocenters. The van der Waals surface area contributed by atoms with E-state index in [9.17, 15) is 0 Å². The molecule has 1 atom stereocenters. The van der Waals surface area contributed by atoms with Crippen LogP contribution >= 0.6 is 11.9 Å². The van der Waals surface area contributed by atoms with E-state index >= 15 is 0 Å². The summed E-state index contributed by atoms with van der Waals surface area (Å²) in [4.78, 5) is 0. The number of hydrogen-bond donors (Lipinski definition) is 0. The van der Waals surface area contributed by atoms with Gasteiger partial charge in [0.25, 0.3) is 0 Å². The molecule has 0 aromatic heterocycles. The second-order valence-corrected chi connectivity index (χ2v) is 5.32. The van der Waals surface area contributed by atoms with Crippen molar-refractivity contribution in [2.75, 3.05) is 18.8 Å². The molecule has 1 heterocycles. The molecule has 0 aliphatic carbocycles. The minimum Gasteiger partial charge on any atom is -0.248 e. The van der Waals surface area contributed by atoms with Crippen molar-refractivity contribution >= 4 is 11.9 Å². The molecule has 1 saturated heterocycles. The van der Waals surface area contributed by atoms with Gasteiger partial charge in [0, 0.05) is 18.8 Å². The Kier molecular flexibility index (Phi) is 4.33. The van der Waals surface area contributed by atoms with Gasteiger partial charge in [0.1, 0.15) is 0 Å². The fraction of sp³-hybridized carbons (Fsp3) is 0.818. The Bertz CT molecular complexity index is 165. The zero-order chi connectivity index (χ0) is 9.73. The summed E-state index contributed by atoms with van der Waals surface area (Å²) in [5, 5.41) is 0. The summed E-state index contributed by atoms with van der Waals surface area (Å²) in [5.74, 6) is 1.26. The van der Waals surface area contributed by atoms with Crippen LogP contribution in [0.3, 0.4) is 0 Å². The molecule has 1 aliphatic rings. The van der Waals surface area contributed by atoms with Crippen molar-refractivity contribution in [3.05, 3.63) is 12.7 Å². The molecule has 0 aromatic carbocycles. The molecule has 0 bridgehead atoms. The highest BCUT2D eigenvalue weighted by molar-refractivity contribution is 7.97. The molecule has 0 amide bonds. The molecule has 1 aliphatic heterocycles. The molecule has 76 valence electrons. The molecular formula is C11H21NS. The van der Waals surface area contributed by atoms with Crippen LogP contribution in [0.5, 0.6) is 0 Å². The fourth-order valence-corrected chi connectivity index (χ4v) is 2.70. The minimum absolute atomic E-state index is 0.476. The van der Waals surface area contributed by atoms with Crippen molar-refractivity contribution in [3.63, 3.8) is 0 Å². The van der Waals surface area contributed by atoms with E-state index in [0.29, 0.717) is 5.41 Å². The summed E-state index contributed by atoms with van der Waals surface area (Å²) in [7, 11) is 0. The lowest BCUT2D eigenvalue weighted by Gasteiger charge is -2.27. The maximum absolute atomic E-state index is 3.85. The van der Waals surface area contributed by atoms with Crippen LogP contribution in [0.15, 0.2) is 12.7 Å². The van der Waals surface area contributed by atoms with Crippen LogP contribution in [0.25, 0.3) is 0 Å². The Morgan fingerprint density at radius 1 is 1.54 bits per heavy atom. The maximum atomic E-state index is 3.85. The standard InChI is InChI=1S/C11H21NS/c1-4-6-11(3,7-5-2)10-13-12-8-9-12/h4H,1,5-10H2,2-3H3. The lowest BCUT2D eigenvalue weighted by Crippen LogP contribution is -2.19. The topological polar surface area (TPSA) is 3.01 Å². The van der Waals surface area contributed by atoms with Crippen molar-refractivity contribution in [2.45, 2.75) is 33.1 Å². The van der Waals surface area contributed by atoms with Gasteiger partial charge in [-0.25, -0.2) is 4.31 Å². The summed E-state index contributed by atoms with van der Waals surface area (Å²) in [5.41, 5.74) is 0.476. The van der Waals surface area contributed by atoms with Gasteiger partial charge in [0.2, 0.25) is 0 Å². The van der Waals surface area contributed by atoms with Gasteiger partial charge in [-0.2, -0.15) is 0 Å². The first-order valence-corrected chi connectivity index (χ1v) is 6.13. The highest BCUT2D eigenvalue weighted by atomic mass is 32.2. The van der Waals surface area contributed by atoms with E-state index in [1.165, 1.54) is 31.7 Å². The lowest BCUT2D eigenvalue weighted by molar-refractivity contribution is 0.344. The van der Waals surface area contributed by atoms with Crippen LogP contribution in [0.4, 0.5) is 0 Å². The first-order valence-electron chi connectivity index (χ1n) is 5.19. The van der Waals surface area contributed by atoms with E-state index in [4.69, 9.17) is 0 Å². The van der Waals surface area contributed by atoms with E-state index in [0.717, 1.165) is 6.42 Å². The van der Waals surface area contributed by atoms with Gasteiger partial charge >= 0.3 is 0 Å². The van der Waals surface area contributed by atoms with Crippen molar-refractivity contribution in [3.8, 4) is 0 Å². The average molecular weight is 199 g/mol. The first-order chi connectivity index (χ1) is 6.20. The van der Waals surface area contributed by atoms with E-state index in [1.807, 2.05) is 11.9 Å². The zero-order valence-electron chi connectivity index (χ0n) is 8.88. The summed E-state index contributed by atoms with van der Waals surface area (Å²) in [6.45, 7) is 11.1. The van der Waals surface area contributed by atoms with E-state index in [-0.39, 0.29) is 0 Å². The molecule has 13 heavy (non-hydrogen) atoms. The highest BCUT2D eigenvalue weighted by Crippen LogP contribution is 2.35. The molecule has 0 radical (unpaired) electrons. The minimum atomic E-state index is 0.476. The molecule has 0 saturated carbocycles. The normalized spacial score (nSPS) is 21.1. The Hall–Kier alpha value is 0.0500. The average Bonchev–Trinajstić information content (AvgIpc) is 2.85.